The first-order valence-corrected chi connectivity index (χ1v) is 9.28. The summed E-state index contributed by atoms with van der Waals surface area (Å²) in [7, 11) is 2.98. The van der Waals surface area contributed by atoms with Gasteiger partial charge in [-0.05, 0) is 25.0 Å². The normalized spacial score (nSPS) is 13.6. The average molecular weight is 391 g/mol. The number of fused-ring (bicyclic) bond motifs is 1. The summed E-state index contributed by atoms with van der Waals surface area (Å²) in [5.74, 6) is 0.857. The number of phenols is 1. The molecule has 0 saturated heterocycles. The molecule has 0 spiro atoms. The fourth-order valence-corrected chi connectivity index (χ4v) is 3.19. The molecule has 0 atom stereocenters. The molecular weight excluding hydrogens is 370 g/mol. The van der Waals surface area contributed by atoms with Gasteiger partial charge in [-0.3, -0.25) is 9.78 Å². The van der Waals surface area contributed by atoms with Crippen molar-refractivity contribution in [1.82, 2.24) is 10.4 Å². The minimum atomic E-state index is -0.339. The van der Waals surface area contributed by atoms with E-state index in [1.54, 1.807) is 6.07 Å². The standard InChI is InChI=1S/C22H21N3O4/c1-28-14-9-20(26)17(21(10-14)29-2)12-23-25-22(27)16-11-19(13-7-8-13)24-18-6-4-3-5-15(16)18/h3-6,9-13,26H,7-8H2,1-2H3,(H,25,27)/b23-12+. The average Bonchev–Trinajstić information content (AvgIpc) is 3.59. The van der Waals surface area contributed by atoms with Crippen molar-refractivity contribution in [1.29, 1.82) is 0 Å². The van der Waals surface area contributed by atoms with Crippen LogP contribution in [0.15, 0.2) is 47.6 Å². The summed E-state index contributed by atoms with van der Waals surface area (Å²) in [6.07, 6.45) is 3.54. The van der Waals surface area contributed by atoms with E-state index in [1.165, 1.54) is 26.5 Å². The highest BCUT2D eigenvalue weighted by molar-refractivity contribution is 6.06. The molecule has 0 radical (unpaired) electrons. The summed E-state index contributed by atoms with van der Waals surface area (Å²) in [5, 5.41) is 15.0. The number of rotatable bonds is 6. The zero-order valence-electron chi connectivity index (χ0n) is 16.2. The molecule has 3 aromatic rings. The molecule has 2 aromatic carbocycles. The van der Waals surface area contributed by atoms with Gasteiger partial charge in [0, 0.05) is 29.1 Å². The number of aromatic hydroxyl groups is 1. The first kappa shape index (κ1) is 18.7. The van der Waals surface area contributed by atoms with E-state index < -0.39 is 0 Å². The number of amides is 1. The summed E-state index contributed by atoms with van der Waals surface area (Å²) in [4.78, 5) is 17.5. The van der Waals surface area contributed by atoms with Crippen molar-refractivity contribution in [3.63, 3.8) is 0 Å². The number of nitrogens with zero attached hydrogens (tertiary/aromatic N) is 2. The van der Waals surface area contributed by atoms with Crippen LogP contribution in [0.3, 0.4) is 0 Å². The molecule has 1 aliphatic rings. The Morgan fingerprint density at radius 1 is 1.21 bits per heavy atom. The first-order chi connectivity index (χ1) is 14.1. The molecular formula is C22H21N3O4. The number of carbonyl (C=O) groups excluding carboxylic acids is 1. The number of benzene rings is 2. The number of pyridine rings is 1. The Balaban J connectivity index is 1.61. The second-order valence-corrected chi connectivity index (χ2v) is 6.85. The molecule has 0 bridgehead atoms. The van der Waals surface area contributed by atoms with Gasteiger partial charge in [-0.1, -0.05) is 18.2 Å². The molecule has 2 N–H and O–H groups in total. The van der Waals surface area contributed by atoms with Gasteiger partial charge in [0.15, 0.2) is 0 Å². The molecule has 1 fully saturated rings. The topological polar surface area (TPSA) is 93.0 Å². The Bertz CT molecular complexity index is 1110. The highest BCUT2D eigenvalue weighted by atomic mass is 16.5. The molecule has 7 heteroatoms. The van der Waals surface area contributed by atoms with Gasteiger partial charge in [-0.15, -0.1) is 0 Å². The van der Waals surface area contributed by atoms with E-state index in [2.05, 4.69) is 15.5 Å². The number of methoxy groups -OCH3 is 2. The molecule has 148 valence electrons. The summed E-state index contributed by atoms with van der Waals surface area (Å²) in [5.41, 5.74) is 5.14. The third-order valence-corrected chi connectivity index (χ3v) is 4.89. The van der Waals surface area contributed by atoms with Gasteiger partial charge in [0.25, 0.3) is 5.91 Å². The van der Waals surface area contributed by atoms with Crippen LogP contribution < -0.4 is 14.9 Å². The molecule has 1 aliphatic carbocycles. The molecule has 1 heterocycles. The largest absolute Gasteiger partial charge is 0.507 e. The minimum Gasteiger partial charge on any atom is -0.507 e. The SMILES string of the molecule is COc1cc(O)c(/C=N/NC(=O)c2cc(C3CC3)nc3ccccc23)c(OC)c1. The maximum atomic E-state index is 12.8. The lowest BCUT2D eigenvalue weighted by atomic mass is 10.1. The van der Waals surface area contributed by atoms with Crippen LogP contribution in [-0.4, -0.2) is 36.4 Å². The van der Waals surface area contributed by atoms with Crippen LogP contribution in [0.5, 0.6) is 17.2 Å². The summed E-state index contributed by atoms with van der Waals surface area (Å²) in [6.45, 7) is 0. The first-order valence-electron chi connectivity index (χ1n) is 9.28. The van der Waals surface area contributed by atoms with E-state index in [-0.39, 0.29) is 11.7 Å². The maximum Gasteiger partial charge on any atom is 0.272 e. The van der Waals surface area contributed by atoms with Gasteiger partial charge in [0.1, 0.15) is 17.2 Å². The third-order valence-electron chi connectivity index (χ3n) is 4.89. The number of nitrogens with one attached hydrogen (secondary N) is 1. The second-order valence-electron chi connectivity index (χ2n) is 6.85. The zero-order chi connectivity index (χ0) is 20.4. The van der Waals surface area contributed by atoms with E-state index in [9.17, 15) is 9.90 Å². The summed E-state index contributed by atoms with van der Waals surface area (Å²) < 4.78 is 10.4. The van der Waals surface area contributed by atoms with Crippen molar-refractivity contribution < 1.29 is 19.4 Å². The number of hydrogen-bond acceptors (Lipinski definition) is 6. The molecule has 1 aromatic heterocycles. The smallest absolute Gasteiger partial charge is 0.272 e. The lowest BCUT2D eigenvalue weighted by Crippen LogP contribution is -2.18. The maximum absolute atomic E-state index is 12.8. The van der Waals surface area contributed by atoms with Crippen LogP contribution in [0.1, 0.15) is 40.4 Å². The minimum absolute atomic E-state index is 0.0652. The zero-order valence-corrected chi connectivity index (χ0v) is 16.2. The van der Waals surface area contributed by atoms with Gasteiger partial charge < -0.3 is 14.6 Å². The Morgan fingerprint density at radius 3 is 2.72 bits per heavy atom. The van der Waals surface area contributed by atoms with Crippen molar-refractivity contribution in [2.24, 2.45) is 5.10 Å². The van der Waals surface area contributed by atoms with Crippen LogP contribution in [0, 0.1) is 0 Å². The number of hydrogen-bond donors (Lipinski definition) is 2. The Labute approximate surface area is 168 Å². The van der Waals surface area contributed by atoms with Gasteiger partial charge in [0.2, 0.25) is 0 Å². The number of carbonyl (C=O) groups is 1. The van der Waals surface area contributed by atoms with Crippen LogP contribution in [0.25, 0.3) is 10.9 Å². The molecule has 0 aliphatic heterocycles. The molecule has 7 nitrogen and oxygen atoms in total. The number of ether oxygens (including phenoxy) is 2. The quantitative estimate of drug-likeness (QED) is 0.495. The van der Waals surface area contributed by atoms with E-state index in [0.29, 0.717) is 28.5 Å². The van der Waals surface area contributed by atoms with Crippen molar-refractivity contribution in [2.75, 3.05) is 14.2 Å². The predicted octanol–water partition coefficient (Wildman–Crippen LogP) is 3.60. The Kier molecular flexibility index (Phi) is 5.03. The van der Waals surface area contributed by atoms with Gasteiger partial charge in [-0.2, -0.15) is 5.10 Å². The Hall–Kier alpha value is -3.61. The van der Waals surface area contributed by atoms with Crippen LogP contribution in [0.2, 0.25) is 0 Å². The molecule has 0 unspecified atom stereocenters. The summed E-state index contributed by atoms with van der Waals surface area (Å²) in [6, 6.07) is 12.5. The van der Waals surface area contributed by atoms with E-state index >= 15 is 0 Å². The van der Waals surface area contributed by atoms with E-state index in [4.69, 9.17) is 9.47 Å². The number of phenolic OH excluding ortho intramolecular Hbond substituents is 1. The van der Waals surface area contributed by atoms with Gasteiger partial charge in [0.05, 0.1) is 37.1 Å². The van der Waals surface area contributed by atoms with Crippen LogP contribution in [0.4, 0.5) is 0 Å². The number of hydrazone groups is 1. The highest BCUT2D eigenvalue weighted by Crippen LogP contribution is 2.40. The van der Waals surface area contributed by atoms with Gasteiger partial charge >= 0.3 is 0 Å². The van der Waals surface area contributed by atoms with Crippen LogP contribution >= 0.6 is 0 Å². The van der Waals surface area contributed by atoms with Gasteiger partial charge in [-0.25, -0.2) is 5.43 Å². The molecule has 29 heavy (non-hydrogen) atoms. The highest BCUT2D eigenvalue weighted by Gasteiger charge is 2.26. The Morgan fingerprint density at radius 2 is 2.00 bits per heavy atom. The van der Waals surface area contributed by atoms with Crippen molar-refractivity contribution in [3.8, 4) is 17.2 Å². The number of para-hydroxylation sites is 1. The lowest BCUT2D eigenvalue weighted by Gasteiger charge is -2.10. The molecule has 4 rings (SSSR count). The van der Waals surface area contributed by atoms with Crippen LogP contribution in [-0.2, 0) is 0 Å². The second kappa shape index (κ2) is 7.79. The predicted molar refractivity (Wildman–Crippen MR) is 110 cm³/mol. The fourth-order valence-electron chi connectivity index (χ4n) is 3.19. The summed E-state index contributed by atoms with van der Waals surface area (Å²) >= 11 is 0. The molecule has 1 amide bonds. The van der Waals surface area contributed by atoms with Crippen molar-refractivity contribution >= 4 is 23.0 Å². The fraction of sp³-hybridized carbons (Fsp3) is 0.227. The third kappa shape index (κ3) is 3.85. The van der Waals surface area contributed by atoms with E-state index in [0.717, 1.165) is 29.4 Å². The van der Waals surface area contributed by atoms with E-state index in [1.807, 2.05) is 30.3 Å². The number of aromatic nitrogens is 1. The lowest BCUT2D eigenvalue weighted by molar-refractivity contribution is 0.0956. The van der Waals surface area contributed by atoms with Crippen molar-refractivity contribution in [2.45, 2.75) is 18.8 Å². The van der Waals surface area contributed by atoms with Crippen molar-refractivity contribution in [3.05, 3.63) is 59.3 Å². The monoisotopic (exact) mass is 391 g/mol. The molecule has 1 saturated carbocycles.